The van der Waals surface area contributed by atoms with Crippen LogP contribution in [-0.2, 0) is 24.3 Å². The molecule has 0 aromatic rings. The van der Waals surface area contributed by atoms with Crippen LogP contribution in [0.5, 0.6) is 0 Å². The van der Waals surface area contributed by atoms with E-state index in [2.05, 4.69) is 14.8 Å². The summed E-state index contributed by atoms with van der Waals surface area (Å²) in [6.07, 6.45) is 2.42. The van der Waals surface area contributed by atoms with Crippen LogP contribution in [0.2, 0.25) is 0 Å². The Morgan fingerprint density at radius 3 is 2.63 bits per heavy atom. The van der Waals surface area contributed by atoms with Crippen LogP contribution in [-0.4, -0.2) is 57.2 Å². The number of methoxy groups -OCH3 is 1. The summed E-state index contributed by atoms with van der Waals surface area (Å²) in [5.41, 5.74) is 0. The van der Waals surface area contributed by atoms with Crippen molar-refractivity contribution >= 4 is 33.7 Å². The zero-order valence-electron chi connectivity index (χ0n) is 10.8. The van der Waals surface area contributed by atoms with Crippen molar-refractivity contribution in [3.8, 4) is 0 Å². The van der Waals surface area contributed by atoms with E-state index < -0.39 is 22.0 Å². The molecule has 0 aromatic carbocycles. The van der Waals surface area contributed by atoms with Crippen LogP contribution >= 0.6 is 11.8 Å². The van der Waals surface area contributed by atoms with Crippen molar-refractivity contribution < 1.29 is 22.7 Å². The summed E-state index contributed by atoms with van der Waals surface area (Å²) in [7, 11) is -1.90. The van der Waals surface area contributed by atoms with Gasteiger partial charge >= 0.3 is 5.97 Å². The Kier molecular flexibility index (Phi) is 6.08. The average molecular weight is 310 g/mol. The first kappa shape index (κ1) is 16.3. The summed E-state index contributed by atoms with van der Waals surface area (Å²) in [5, 5.41) is 2.57. The van der Waals surface area contributed by atoms with Gasteiger partial charge in [-0.2, -0.15) is 11.8 Å². The third-order valence-corrected chi connectivity index (χ3v) is 4.81. The minimum absolute atomic E-state index is 0.0337. The lowest BCUT2D eigenvalue weighted by Gasteiger charge is -2.27. The molecule has 0 saturated carbocycles. The van der Waals surface area contributed by atoms with E-state index in [9.17, 15) is 18.0 Å². The third kappa shape index (κ3) is 5.37. The maximum absolute atomic E-state index is 11.7. The van der Waals surface area contributed by atoms with Gasteiger partial charge in [0.25, 0.3) is 0 Å². The first-order chi connectivity index (χ1) is 8.88. The number of carbonyl (C=O) groups is 2. The molecule has 1 fully saturated rings. The number of hydrogen-bond donors (Lipinski definition) is 2. The fraction of sp³-hybridized carbons (Fsp3) is 0.800. The van der Waals surface area contributed by atoms with Crippen LogP contribution in [0.3, 0.4) is 0 Å². The largest absolute Gasteiger partial charge is 0.467 e. The molecule has 1 amide bonds. The van der Waals surface area contributed by atoms with Gasteiger partial charge in [-0.1, -0.05) is 0 Å². The van der Waals surface area contributed by atoms with E-state index in [0.717, 1.165) is 5.75 Å². The van der Waals surface area contributed by atoms with E-state index in [1.165, 1.54) is 7.11 Å². The first-order valence-electron chi connectivity index (χ1n) is 5.74. The molecule has 110 valence electrons. The Balaban J connectivity index is 2.40. The van der Waals surface area contributed by atoms with E-state index in [1.807, 2.05) is 6.26 Å². The van der Waals surface area contributed by atoms with Gasteiger partial charge in [-0.15, -0.1) is 0 Å². The molecule has 1 rings (SSSR count). The summed E-state index contributed by atoms with van der Waals surface area (Å²) < 4.78 is 28.7. The van der Waals surface area contributed by atoms with Gasteiger partial charge in [-0.25, -0.2) is 17.9 Å². The predicted molar refractivity (Wildman–Crippen MR) is 72.3 cm³/mol. The number of sulfonamides is 1. The molecule has 7 nitrogen and oxygen atoms in total. The van der Waals surface area contributed by atoms with Gasteiger partial charge in [-0.3, -0.25) is 4.79 Å². The third-order valence-electron chi connectivity index (χ3n) is 2.63. The second-order valence-corrected chi connectivity index (χ2v) is 7.01. The van der Waals surface area contributed by atoms with Gasteiger partial charge in [0.1, 0.15) is 6.04 Å². The molecule has 2 N–H and O–H groups in total. The zero-order valence-corrected chi connectivity index (χ0v) is 12.5. The molecule has 9 heteroatoms. The summed E-state index contributed by atoms with van der Waals surface area (Å²) in [6, 6.07) is -1.05. The number of rotatable bonds is 7. The number of thioether (sulfide) groups is 1. The van der Waals surface area contributed by atoms with Crippen molar-refractivity contribution in [1.82, 2.24) is 10.0 Å². The quantitative estimate of drug-likeness (QED) is 0.590. The summed E-state index contributed by atoms with van der Waals surface area (Å²) in [5.74, 6) is -0.176. The fourth-order valence-electron chi connectivity index (χ4n) is 1.71. The molecule has 1 aliphatic heterocycles. The fourth-order valence-corrected chi connectivity index (χ4v) is 3.38. The number of nitrogens with one attached hydrogen (secondary N) is 2. The Morgan fingerprint density at radius 1 is 1.53 bits per heavy atom. The second kappa shape index (κ2) is 7.11. The molecule has 19 heavy (non-hydrogen) atoms. The van der Waals surface area contributed by atoms with E-state index in [1.54, 1.807) is 11.8 Å². The van der Waals surface area contributed by atoms with E-state index in [-0.39, 0.29) is 24.1 Å². The minimum atomic E-state index is -3.16. The molecule has 1 heterocycles. The highest BCUT2D eigenvalue weighted by Crippen LogP contribution is 2.10. The predicted octanol–water partition coefficient (Wildman–Crippen LogP) is -0.911. The highest BCUT2D eigenvalue weighted by Gasteiger charge is 2.34. The van der Waals surface area contributed by atoms with Gasteiger partial charge in [0, 0.05) is 12.5 Å². The molecular weight excluding hydrogens is 292 g/mol. The monoisotopic (exact) mass is 310 g/mol. The van der Waals surface area contributed by atoms with Crippen molar-refractivity contribution in [2.24, 2.45) is 0 Å². The highest BCUT2D eigenvalue weighted by atomic mass is 32.2. The summed E-state index contributed by atoms with van der Waals surface area (Å²) in [6.45, 7) is 0. The van der Waals surface area contributed by atoms with Crippen LogP contribution in [0.25, 0.3) is 0 Å². The van der Waals surface area contributed by atoms with Crippen molar-refractivity contribution in [3.05, 3.63) is 0 Å². The second-order valence-electron chi connectivity index (χ2n) is 4.23. The zero-order chi connectivity index (χ0) is 14.5. The van der Waals surface area contributed by atoms with Crippen molar-refractivity contribution in [2.45, 2.75) is 24.9 Å². The molecule has 0 radical (unpaired) electrons. The smallest absolute Gasteiger partial charge is 0.328 e. The number of ether oxygens (including phenoxy) is 1. The van der Waals surface area contributed by atoms with Crippen LogP contribution in [0.15, 0.2) is 0 Å². The number of carbonyl (C=O) groups excluding carboxylic acids is 2. The Bertz CT molecular complexity index is 425. The molecule has 1 saturated heterocycles. The lowest BCUT2D eigenvalue weighted by atomic mass is 10.2. The molecule has 0 bridgehead atoms. The Labute approximate surface area is 116 Å². The average Bonchev–Trinajstić information content (AvgIpc) is 2.31. The van der Waals surface area contributed by atoms with Gasteiger partial charge in [-0.05, 0) is 18.4 Å². The van der Waals surface area contributed by atoms with Crippen molar-refractivity contribution in [1.29, 1.82) is 0 Å². The standard InChI is InChI=1S/C10H18N2O5S2/c1-17-10(14)8(3-4-18-2)11-9(13)5-7-6-19(15,16)12-7/h7-8,12H,3-6H2,1-2H3,(H,11,13)/t7?,8-/m0/s1. The number of esters is 1. The number of amides is 1. The SMILES string of the molecule is COC(=O)[C@H](CCSC)NC(=O)CC1CS(=O)(=O)N1. The minimum Gasteiger partial charge on any atom is -0.467 e. The normalized spacial score (nSPS) is 22.1. The summed E-state index contributed by atoms with van der Waals surface area (Å²) in [4.78, 5) is 23.2. The van der Waals surface area contributed by atoms with E-state index in [0.29, 0.717) is 6.42 Å². The maximum atomic E-state index is 11.7. The maximum Gasteiger partial charge on any atom is 0.328 e. The van der Waals surface area contributed by atoms with Crippen molar-refractivity contribution in [2.75, 3.05) is 24.9 Å². The molecule has 2 atom stereocenters. The molecule has 0 spiro atoms. The molecular formula is C10H18N2O5S2. The first-order valence-corrected chi connectivity index (χ1v) is 8.78. The molecule has 1 aliphatic rings. The highest BCUT2D eigenvalue weighted by molar-refractivity contribution is 7.98. The van der Waals surface area contributed by atoms with Crippen molar-refractivity contribution in [3.63, 3.8) is 0 Å². The lowest BCUT2D eigenvalue weighted by Crippen LogP contribution is -2.55. The topological polar surface area (TPSA) is 102 Å². The van der Waals surface area contributed by atoms with Crippen LogP contribution in [0.4, 0.5) is 0 Å². The molecule has 1 unspecified atom stereocenters. The van der Waals surface area contributed by atoms with Crippen LogP contribution < -0.4 is 10.0 Å². The Hall–Kier alpha value is -0.800. The molecule has 0 aromatic heterocycles. The molecule has 0 aliphatic carbocycles. The number of hydrogen-bond acceptors (Lipinski definition) is 6. The summed E-state index contributed by atoms with van der Waals surface area (Å²) >= 11 is 1.56. The van der Waals surface area contributed by atoms with Crippen LogP contribution in [0, 0.1) is 0 Å². The van der Waals surface area contributed by atoms with Gasteiger partial charge < -0.3 is 10.1 Å². The van der Waals surface area contributed by atoms with Crippen LogP contribution in [0.1, 0.15) is 12.8 Å². The Morgan fingerprint density at radius 2 is 2.16 bits per heavy atom. The van der Waals surface area contributed by atoms with Gasteiger partial charge in [0.2, 0.25) is 15.9 Å². The van der Waals surface area contributed by atoms with E-state index in [4.69, 9.17) is 0 Å². The van der Waals surface area contributed by atoms with Gasteiger partial charge in [0.05, 0.1) is 12.9 Å². The van der Waals surface area contributed by atoms with E-state index >= 15 is 0 Å². The lowest BCUT2D eigenvalue weighted by molar-refractivity contribution is -0.145. The van der Waals surface area contributed by atoms with Gasteiger partial charge in [0.15, 0.2) is 0 Å².